The Morgan fingerprint density at radius 1 is 0.967 bits per heavy atom. The first-order valence-corrected chi connectivity index (χ1v) is 9.23. The van der Waals surface area contributed by atoms with Crippen LogP contribution in [0.15, 0.2) is 48.7 Å². The van der Waals surface area contributed by atoms with E-state index in [1.807, 2.05) is 35.9 Å². The highest BCUT2D eigenvalue weighted by atomic mass is 19.1. The highest BCUT2D eigenvalue weighted by Gasteiger charge is 2.15. The van der Waals surface area contributed by atoms with Crippen molar-refractivity contribution in [1.82, 2.24) is 20.7 Å². The van der Waals surface area contributed by atoms with Crippen LogP contribution >= 0.6 is 0 Å². The molecule has 0 aliphatic rings. The Bertz CT molecular complexity index is 1110. The first-order valence-electron chi connectivity index (χ1n) is 9.23. The third-order valence-corrected chi connectivity index (χ3v) is 4.50. The van der Waals surface area contributed by atoms with Gasteiger partial charge in [-0.1, -0.05) is 18.2 Å². The number of carbonyl (C=O) groups excluding carboxylic acids is 3. The van der Waals surface area contributed by atoms with Crippen LogP contribution in [0.4, 0.5) is 8.78 Å². The Hall–Kier alpha value is -3.75. The third kappa shape index (κ3) is 4.80. The number of halogens is 2. The van der Waals surface area contributed by atoms with Gasteiger partial charge in [0.1, 0.15) is 11.6 Å². The second-order valence-electron chi connectivity index (χ2n) is 6.66. The summed E-state index contributed by atoms with van der Waals surface area (Å²) >= 11 is 0. The molecule has 0 radical (unpaired) electrons. The van der Waals surface area contributed by atoms with E-state index in [1.54, 1.807) is 6.20 Å². The van der Waals surface area contributed by atoms with E-state index in [-0.39, 0.29) is 24.9 Å². The molecule has 0 spiro atoms. The second-order valence-corrected chi connectivity index (χ2v) is 6.66. The lowest BCUT2D eigenvalue weighted by Gasteiger charge is -2.08. The molecular formula is C21H20F2N4O3. The molecule has 3 rings (SSSR count). The van der Waals surface area contributed by atoms with E-state index in [4.69, 9.17) is 0 Å². The van der Waals surface area contributed by atoms with E-state index < -0.39 is 29.4 Å². The predicted octanol–water partition coefficient (Wildman–Crippen LogP) is 2.43. The van der Waals surface area contributed by atoms with Crippen LogP contribution in [0.3, 0.4) is 0 Å². The Balaban J connectivity index is 1.42. The van der Waals surface area contributed by atoms with E-state index in [0.717, 1.165) is 23.0 Å². The average Bonchev–Trinajstić information content (AvgIpc) is 3.06. The fourth-order valence-electron chi connectivity index (χ4n) is 3.00. The zero-order chi connectivity index (χ0) is 21.7. The average molecular weight is 414 g/mol. The number of nitrogens with one attached hydrogen (secondary N) is 3. The molecule has 0 bridgehead atoms. The van der Waals surface area contributed by atoms with Crippen molar-refractivity contribution in [2.24, 2.45) is 7.05 Å². The summed E-state index contributed by atoms with van der Waals surface area (Å²) in [5, 5.41) is 3.22. The van der Waals surface area contributed by atoms with Gasteiger partial charge < -0.3 is 9.88 Å². The number of nitrogens with zero attached hydrogens (tertiary/aromatic N) is 1. The van der Waals surface area contributed by atoms with Crippen LogP contribution in [0.2, 0.25) is 0 Å². The highest BCUT2D eigenvalue weighted by Crippen LogP contribution is 2.19. The van der Waals surface area contributed by atoms with E-state index in [0.29, 0.717) is 11.6 Å². The topological polar surface area (TPSA) is 92.2 Å². The van der Waals surface area contributed by atoms with Crippen molar-refractivity contribution in [3.8, 4) is 0 Å². The number of hydrazine groups is 1. The van der Waals surface area contributed by atoms with Crippen LogP contribution in [0.25, 0.3) is 10.9 Å². The molecule has 0 aliphatic heterocycles. The van der Waals surface area contributed by atoms with Crippen molar-refractivity contribution in [1.29, 1.82) is 0 Å². The van der Waals surface area contributed by atoms with Crippen molar-refractivity contribution in [3.63, 3.8) is 0 Å². The first kappa shape index (κ1) is 21.0. The van der Waals surface area contributed by atoms with E-state index >= 15 is 0 Å². The van der Waals surface area contributed by atoms with Crippen LogP contribution < -0.4 is 16.2 Å². The highest BCUT2D eigenvalue weighted by molar-refractivity contribution is 6.07. The van der Waals surface area contributed by atoms with Crippen LogP contribution in [0.5, 0.6) is 0 Å². The van der Waals surface area contributed by atoms with Crippen molar-refractivity contribution in [3.05, 3.63) is 71.4 Å². The van der Waals surface area contributed by atoms with E-state index in [1.165, 1.54) is 0 Å². The van der Waals surface area contributed by atoms with Crippen molar-refractivity contribution >= 4 is 28.6 Å². The summed E-state index contributed by atoms with van der Waals surface area (Å²) in [6, 6.07) is 10.1. The fraction of sp³-hybridized carbons (Fsp3) is 0.190. The summed E-state index contributed by atoms with van der Waals surface area (Å²) in [6.45, 7) is 0.111. The van der Waals surface area contributed by atoms with Gasteiger partial charge in [0, 0.05) is 43.2 Å². The maximum atomic E-state index is 13.5. The lowest BCUT2D eigenvalue weighted by Crippen LogP contribution is -2.41. The molecule has 0 saturated heterocycles. The Labute approximate surface area is 171 Å². The Morgan fingerprint density at radius 3 is 2.50 bits per heavy atom. The van der Waals surface area contributed by atoms with Gasteiger partial charge in [0.05, 0.1) is 11.1 Å². The summed E-state index contributed by atoms with van der Waals surface area (Å²) in [6.07, 6.45) is 1.97. The molecule has 3 amide bonds. The van der Waals surface area contributed by atoms with Crippen LogP contribution in [0, 0.1) is 11.6 Å². The quantitative estimate of drug-likeness (QED) is 0.427. The maximum Gasteiger partial charge on any atom is 0.271 e. The monoisotopic (exact) mass is 414 g/mol. The van der Waals surface area contributed by atoms with Gasteiger partial charge in [-0.05, 0) is 24.6 Å². The molecule has 0 saturated carbocycles. The number of benzene rings is 2. The minimum Gasteiger partial charge on any atom is -0.352 e. The van der Waals surface area contributed by atoms with Gasteiger partial charge in [-0.3, -0.25) is 25.2 Å². The molecule has 3 N–H and O–H groups in total. The zero-order valence-corrected chi connectivity index (χ0v) is 16.2. The number of para-hydroxylation sites is 1. The number of fused-ring (bicyclic) bond motifs is 1. The standard InChI is InChI=1S/C21H20F2N4O3/c1-27-12-16(14-5-2-3-6-18(14)27)21(30)26-25-19(28)7-4-10-24-20(29)15-9-8-13(22)11-17(15)23/h2-3,5-6,8-9,11-12H,4,7,10H2,1H3,(H,24,29)(H,25,28)(H,26,30). The van der Waals surface area contributed by atoms with Gasteiger partial charge in [-0.15, -0.1) is 0 Å². The van der Waals surface area contributed by atoms with Gasteiger partial charge >= 0.3 is 0 Å². The molecule has 2 aromatic carbocycles. The molecule has 0 atom stereocenters. The molecular weight excluding hydrogens is 394 g/mol. The summed E-state index contributed by atoms with van der Waals surface area (Å²) in [5.41, 5.74) is 5.74. The van der Waals surface area contributed by atoms with Crippen LogP contribution in [-0.2, 0) is 11.8 Å². The molecule has 0 unspecified atom stereocenters. The molecule has 7 nitrogen and oxygen atoms in total. The lowest BCUT2D eigenvalue weighted by atomic mass is 10.2. The predicted molar refractivity (Wildman–Crippen MR) is 106 cm³/mol. The van der Waals surface area contributed by atoms with E-state index in [2.05, 4.69) is 16.2 Å². The van der Waals surface area contributed by atoms with Gasteiger partial charge in [-0.25, -0.2) is 8.78 Å². The van der Waals surface area contributed by atoms with Crippen molar-refractivity contribution < 1.29 is 23.2 Å². The number of hydrogen-bond donors (Lipinski definition) is 3. The molecule has 30 heavy (non-hydrogen) atoms. The molecule has 0 aliphatic carbocycles. The minimum atomic E-state index is -0.957. The van der Waals surface area contributed by atoms with Crippen molar-refractivity contribution in [2.45, 2.75) is 12.8 Å². The van der Waals surface area contributed by atoms with Crippen LogP contribution in [-0.4, -0.2) is 28.8 Å². The van der Waals surface area contributed by atoms with Gasteiger partial charge in [0.25, 0.3) is 11.8 Å². The number of rotatable bonds is 6. The number of aromatic nitrogens is 1. The summed E-state index contributed by atoms with van der Waals surface area (Å²) in [5.74, 6) is -3.31. The molecule has 1 heterocycles. The number of amides is 3. The van der Waals surface area contributed by atoms with E-state index in [9.17, 15) is 23.2 Å². The lowest BCUT2D eigenvalue weighted by molar-refractivity contribution is -0.121. The van der Waals surface area contributed by atoms with Gasteiger partial charge in [0.15, 0.2) is 0 Å². The molecule has 0 fully saturated rings. The summed E-state index contributed by atoms with van der Waals surface area (Å²) in [7, 11) is 1.82. The smallest absolute Gasteiger partial charge is 0.271 e. The number of hydrogen-bond acceptors (Lipinski definition) is 3. The first-order chi connectivity index (χ1) is 14.4. The third-order valence-electron chi connectivity index (χ3n) is 4.50. The largest absolute Gasteiger partial charge is 0.352 e. The van der Waals surface area contributed by atoms with Gasteiger partial charge in [0.2, 0.25) is 5.91 Å². The number of aryl methyl sites for hydroxylation is 1. The summed E-state index contributed by atoms with van der Waals surface area (Å²) < 4.78 is 28.2. The minimum absolute atomic E-state index is 0.0298. The van der Waals surface area contributed by atoms with Crippen LogP contribution in [0.1, 0.15) is 33.6 Å². The summed E-state index contributed by atoms with van der Waals surface area (Å²) in [4.78, 5) is 36.1. The molecule has 156 valence electrons. The SMILES string of the molecule is Cn1cc(C(=O)NNC(=O)CCCNC(=O)c2ccc(F)cc2F)c2ccccc21. The van der Waals surface area contributed by atoms with Crippen molar-refractivity contribution in [2.75, 3.05) is 6.54 Å². The zero-order valence-electron chi connectivity index (χ0n) is 16.2. The Morgan fingerprint density at radius 2 is 1.73 bits per heavy atom. The fourth-order valence-corrected chi connectivity index (χ4v) is 3.00. The molecule has 3 aromatic rings. The van der Waals surface area contributed by atoms with Gasteiger partial charge in [-0.2, -0.15) is 0 Å². The normalized spacial score (nSPS) is 10.6. The molecule has 9 heteroatoms. The molecule has 1 aromatic heterocycles. The number of carbonyl (C=O) groups is 3. The second kappa shape index (κ2) is 9.17. The Kier molecular flexibility index (Phi) is 6.41. The maximum absolute atomic E-state index is 13.5.